The smallest absolute Gasteiger partial charge is 0.340 e. The van der Waals surface area contributed by atoms with E-state index in [0.29, 0.717) is 11.1 Å². The number of nitro groups is 1. The maximum atomic E-state index is 12.2. The van der Waals surface area contributed by atoms with Crippen LogP contribution in [-0.4, -0.2) is 16.0 Å². The zero-order chi connectivity index (χ0) is 17.0. The van der Waals surface area contributed by atoms with Crippen LogP contribution in [0.3, 0.4) is 0 Å². The molecule has 0 spiro atoms. The van der Waals surface area contributed by atoms with Gasteiger partial charge in [-0.2, -0.15) is 0 Å². The van der Waals surface area contributed by atoms with Gasteiger partial charge in [-0.05, 0) is 29.7 Å². The lowest BCUT2D eigenvalue weighted by Gasteiger charge is -2.12. The molecule has 7 heteroatoms. The predicted octanol–water partition coefficient (Wildman–Crippen LogP) is 3.41. The Kier molecular flexibility index (Phi) is 5.31. The van der Waals surface area contributed by atoms with Crippen LogP contribution in [0.1, 0.15) is 27.0 Å². The number of aliphatic hydroxyl groups is 1. The van der Waals surface area contributed by atoms with Crippen molar-refractivity contribution >= 4 is 23.3 Å². The van der Waals surface area contributed by atoms with E-state index in [1.165, 1.54) is 18.2 Å². The number of aryl methyl sites for hydroxylation is 1. The first-order valence-electron chi connectivity index (χ1n) is 6.73. The summed E-state index contributed by atoms with van der Waals surface area (Å²) in [7, 11) is 0. The first kappa shape index (κ1) is 16.9. The molecule has 0 saturated heterocycles. The first-order chi connectivity index (χ1) is 10.9. The fourth-order valence-electron chi connectivity index (χ4n) is 2.13. The largest absolute Gasteiger partial charge is 0.457 e. The Morgan fingerprint density at radius 3 is 2.74 bits per heavy atom. The van der Waals surface area contributed by atoms with Crippen molar-refractivity contribution in [3.8, 4) is 0 Å². The van der Waals surface area contributed by atoms with Crippen molar-refractivity contribution in [2.24, 2.45) is 0 Å². The fourth-order valence-corrected chi connectivity index (χ4v) is 2.38. The number of nitro benzene ring substituents is 1. The van der Waals surface area contributed by atoms with E-state index in [9.17, 15) is 20.0 Å². The van der Waals surface area contributed by atoms with Crippen molar-refractivity contribution < 1.29 is 19.6 Å². The third kappa shape index (κ3) is 3.85. The molecule has 0 atom stereocenters. The van der Waals surface area contributed by atoms with Crippen molar-refractivity contribution in [3.05, 3.63) is 73.8 Å². The molecule has 0 aromatic heterocycles. The maximum absolute atomic E-state index is 12.2. The van der Waals surface area contributed by atoms with Gasteiger partial charge >= 0.3 is 5.97 Å². The number of esters is 1. The summed E-state index contributed by atoms with van der Waals surface area (Å²) in [5.74, 6) is -0.686. The lowest BCUT2D eigenvalue weighted by molar-refractivity contribution is -0.384. The lowest BCUT2D eigenvalue weighted by atomic mass is 10.0. The molecule has 0 aliphatic heterocycles. The highest BCUT2D eigenvalue weighted by Gasteiger charge is 2.19. The minimum atomic E-state index is -0.686. The van der Waals surface area contributed by atoms with Crippen molar-refractivity contribution in [2.45, 2.75) is 20.1 Å². The van der Waals surface area contributed by atoms with Gasteiger partial charge in [-0.25, -0.2) is 4.79 Å². The van der Waals surface area contributed by atoms with Gasteiger partial charge in [0.05, 0.1) is 22.1 Å². The molecule has 23 heavy (non-hydrogen) atoms. The van der Waals surface area contributed by atoms with E-state index in [4.69, 9.17) is 16.3 Å². The minimum Gasteiger partial charge on any atom is -0.457 e. The standard InChI is InChI=1S/C16H14ClNO5/c1-10-5-6-14(17)15(13(10)8-19)16(20)23-9-11-3-2-4-12(7-11)18(21)22/h2-7,19H,8-9H2,1H3. The number of nitrogens with zero attached hydrogens (tertiary/aromatic N) is 1. The van der Waals surface area contributed by atoms with Crippen LogP contribution < -0.4 is 0 Å². The second-order valence-corrected chi connectivity index (χ2v) is 5.29. The molecule has 0 aliphatic carbocycles. The van der Waals surface area contributed by atoms with Crippen LogP contribution in [-0.2, 0) is 18.0 Å². The van der Waals surface area contributed by atoms with Crippen LogP contribution in [0.4, 0.5) is 5.69 Å². The zero-order valence-electron chi connectivity index (χ0n) is 12.3. The number of halogens is 1. The van der Waals surface area contributed by atoms with Crippen LogP contribution >= 0.6 is 11.6 Å². The number of hydrogen-bond acceptors (Lipinski definition) is 5. The summed E-state index contributed by atoms with van der Waals surface area (Å²) in [5, 5.41) is 20.3. The molecule has 0 aliphatic rings. The van der Waals surface area contributed by atoms with E-state index < -0.39 is 10.9 Å². The summed E-state index contributed by atoms with van der Waals surface area (Å²) in [6.45, 7) is 1.28. The Bertz CT molecular complexity index is 760. The topological polar surface area (TPSA) is 89.7 Å². The van der Waals surface area contributed by atoms with Crippen LogP contribution in [0.5, 0.6) is 0 Å². The van der Waals surface area contributed by atoms with Crippen molar-refractivity contribution in [1.29, 1.82) is 0 Å². The van der Waals surface area contributed by atoms with Gasteiger partial charge < -0.3 is 9.84 Å². The SMILES string of the molecule is Cc1ccc(Cl)c(C(=O)OCc2cccc([N+](=O)[O-])c2)c1CO. The third-order valence-corrected chi connectivity index (χ3v) is 3.66. The summed E-state index contributed by atoms with van der Waals surface area (Å²) in [6, 6.07) is 9.07. The van der Waals surface area contributed by atoms with E-state index >= 15 is 0 Å². The van der Waals surface area contributed by atoms with Crippen molar-refractivity contribution in [3.63, 3.8) is 0 Å². The summed E-state index contributed by atoms with van der Waals surface area (Å²) in [5.41, 5.74) is 1.64. The van der Waals surface area contributed by atoms with Gasteiger partial charge in [0.2, 0.25) is 0 Å². The van der Waals surface area contributed by atoms with Gasteiger partial charge in [0.25, 0.3) is 5.69 Å². The summed E-state index contributed by atoms with van der Waals surface area (Å²) < 4.78 is 5.17. The highest BCUT2D eigenvalue weighted by Crippen LogP contribution is 2.25. The van der Waals surface area contributed by atoms with Gasteiger partial charge in [-0.15, -0.1) is 0 Å². The number of aliphatic hydroxyl groups excluding tert-OH is 1. The van der Waals surface area contributed by atoms with Gasteiger partial charge in [0.15, 0.2) is 0 Å². The molecule has 0 amide bonds. The molecule has 0 bridgehead atoms. The lowest BCUT2D eigenvalue weighted by Crippen LogP contribution is -2.11. The van der Waals surface area contributed by atoms with Gasteiger partial charge in [0, 0.05) is 12.1 Å². The van der Waals surface area contributed by atoms with Crippen LogP contribution in [0.2, 0.25) is 5.02 Å². The molecule has 0 unspecified atom stereocenters. The van der Waals surface area contributed by atoms with E-state index in [-0.39, 0.29) is 29.5 Å². The summed E-state index contributed by atoms with van der Waals surface area (Å²) in [6.07, 6.45) is 0. The average Bonchev–Trinajstić information content (AvgIpc) is 2.54. The number of carbonyl (C=O) groups excluding carboxylic acids is 1. The molecule has 0 heterocycles. The Morgan fingerprint density at radius 2 is 2.09 bits per heavy atom. The molecule has 0 fully saturated rings. The third-order valence-electron chi connectivity index (χ3n) is 3.35. The molecule has 2 rings (SSSR count). The Hall–Kier alpha value is -2.44. The summed E-state index contributed by atoms with van der Waals surface area (Å²) in [4.78, 5) is 22.4. The molecule has 120 valence electrons. The number of benzene rings is 2. The average molecular weight is 336 g/mol. The molecular weight excluding hydrogens is 322 g/mol. The van der Waals surface area contributed by atoms with Gasteiger partial charge in [-0.1, -0.05) is 29.8 Å². The molecule has 0 radical (unpaired) electrons. The predicted molar refractivity (Wildman–Crippen MR) is 84.3 cm³/mol. The normalized spacial score (nSPS) is 10.4. The summed E-state index contributed by atoms with van der Waals surface area (Å²) >= 11 is 6.02. The minimum absolute atomic E-state index is 0.0804. The van der Waals surface area contributed by atoms with Crippen molar-refractivity contribution in [1.82, 2.24) is 0 Å². The highest BCUT2D eigenvalue weighted by molar-refractivity contribution is 6.33. The second-order valence-electron chi connectivity index (χ2n) is 4.88. The molecule has 0 saturated carbocycles. The number of rotatable bonds is 5. The molecule has 1 N–H and O–H groups in total. The quantitative estimate of drug-likeness (QED) is 0.513. The van der Waals surface area contributed by atoms with E-state index in [1.807, 2.05) is 0 Å². The molecule has 2 aromatic rings. The number of hydrogen-bond donors (Lipinski definition) is 1. The fraction of sp³-hybridized carbons (Fsp3) is 0.188. The van der Waals surface area contributed by atoms with Gasteiger partial charge in [-0.3, -0.25) is 10.1 Å². The molecular formula is C16H14ClNO5. The highest BCUT2D eigenvalue weighted by atomic mass is 35.5. The van der Waals surface area contributed by atoms with E-state index in [0.717, 1.165) is 5.56 Å². The van der Waals surface area contributed by atoms with E-state index in [1.54, 1.807) is 25.1 Å². The van der Waals surface area contributed by atoms with Crippen LogP contribution in [0.15, 0.2) is 36.4 Å². The maximum Gasteiger partial charge on any atom is 0.340 e. The van der Waals surface area contributed by atoms with Crippen LogP contribution in [0, 0.1) is 17.0 Å². The first-order valence-corrected chi connectivity index (χ1v) is 7.11. The van der Waals surface area contributed by atoms with Crippen LogP contribution in [0.25, 0.3) is 0 Å². The van der Waals surface area contributed by atoms with Crippen molar-refractivity contribution in [2.75, 3.05) is 0 Å². The second kappa shape index (κ2) is 7.21. The number of non-ortho nitro benzene ring substituents is 1. The number of carbonyl (C=O) groups is 1. The zero-order valence-corrected chi connectivity index (χ0v) is 13.0. The number of ether oxygens (including phenoxy) is 1. The van der Waals surface area contributed by atoms with Gasteiger partial charge in [0.1, 0.15) is 6.61 Å². The Morgan fingerprint density at radius 1 is 1.35 bits per heavy atom. The Balaban J connectivity index is 2.19. The monoisotopic (exact) mass is 335 g/mol. The Labute approximate surface area is 137 Å². The van der Waals surface area contributed by atoms with E-state index in [2.05, 4.69) is 0 Å². The molecule has 6 nitrogen and oxygen atoms in total. The molecule has 2 aromatic carbocycles.